The van der Waals surface area contributed by atoms with Crippen molar-refractivity contribution in [3.05, 3.63) is 102 Å². The highest BCUT2D eigenvalue weighted by atomic mass is 16.1. The monoisotopic (exact) mass is 454 g/mol. The molecule has 1 fully saturated rings. The number of hydrogen-bond donors (Lipinski definition) is 1. The lowest BCUT2D eigenvalue weighted by molar-refractivity contribution is -0.116. The molecule has 1 amide bonds. The molecule has 1 unspecified atom stereocenters. The lowest BCUT2D eigenvalue weighted by Gasteiger charge is -2.38. The van der Waals surface area contributed by atoms with Gasteiger partial charge in [0.1, 0.15) is 0 Å². The first-order valence-electron chi connectivity index (χ1n) is 12.3. The standard InChI is InChI=1S/C29H34N4O/c34-28(12-11-25-8-6-17-31-23-25)32-18-5-4-7-24-15-21-33(22-16-24)29(26-9-2-1-3-10-26)27-13-19-30-20-14-27/h1-3,6,8-14,17,19-20,23-24,29H,4-5,7,15-16,18,21-22H2,(H,32,34)/b12-11+. The summed E-state index contributed by atoms with van der Waals surface area (Å²) >= 11 is 0. The van der Waals surface area contributed by atoms with E-state index in [1.165, 1.54) is 30.4 Å². The zero-order valence-electron chi connectivity index (χ0n) is 19.7. The zero-order chi connectivity index (χ0) is 23.4. The summed E-state index contributed by atoms with van der Waals surface area (Å²) in [5.74, 6) is 0.728. The molecule has 0 aliphatic carbocycles. The molecule has 0 radical (unpaired) electrons. The van der Waals surface area contributed by atoms with Crippen molar-refractivity contribution in [2.75, 3.05) is 19.6 Å². The summed E-state index contributed by atoms with van der Waals surface area (Å²) in [6.07, 6.45) is 16.5. The van der Waals surface area contributed by atoms with Crippen molar-refractivity contribution in [2.45, 2.75) is 38.1 Å². The Hall–Kier alpha value is -3.31. The minimum atomic E-state index is -0.0415. The van der Waals surface area contributed by atoms with E-state index < -0.39 is 0 Å². The van der Waals surface area contributed by atoms with Gasteiger partial charge in [-0.2, -0.15) is 0 Å². The predicted octanol–water partition coefficient (Wildman–Crippen LogP) is 5.28. The van der Waals surface area contributed by atoms with E-state index in [2.05, 4.69) is 62.6 Å². The molecule has 1 N–H and O–H groups in total. The lowest BCUT2D eigenvalue weighted by atomic mass is 9.89. The van der Waals surface area contributed by atoms with Gasteiger partial charge in [-0.05, 0) is 79.2 Å². The predicted molar refractivity (Wildman–Crippen MR) is 137 cm³/mol. The molecule has 176 valence electrons. The highest BCUT2D eigenvalue weighted by molar-refractivity contribution is 5.91. The van der Waals surface area contributed by atoms with Gasteiger partial charge >= 0.3 is 0 Å². The van der Waals surface area contributed by atoms with E-state index in [1.807, 2.05) is 24.5 Å². The Labute approximate surface area is 203 Å². The van der Waals surface area contributed by atoms with Crippen LogP contribution >= 0.6 is 0 Å². The molecule has 3 aromatic rings. The van der Waals surface area contributed by atoms with Gasteiger partial charge in [-0.25, -0.2) is 0 Å². The molecular formula is C29H34N4O. The molecule has 1 atom stereocenters. The van der Waals surface area contributed by atoms with Gasteiger partial charge in [0.05, 0.1) is 6.04 Å². The van der Waals surface area contributed by atoms with Crippen molar-refractivity contribution in [1.82, 2.24) is 20.2 Å². The number of likely N-dealkylation sites (tertiary alicyclic amines) is 1. The quantitative estimate of drug-likeness (QED) is 0.335. The highest BCUT2D eigenvalue weighted by Crippen LogP contribution is 2.33. The van der Waals surface area contributed by atoms with Crippen molar-refractivity contribution < 1.29 is 4.79 Å². The largest absolute Gasteiger partial charge is 0.353 e. The van der Waals surface area contributed by atoms with Crippen LogP contribution in [0.1, 0.15) is 54.8 Å². The van der Waals surface area contributed by atoms with Crippen molar-refractivity contribution in [3.8, 4) is 0 Å². The van der Waals surface area contributed by atoms with Crippen molar-refractivity contribution in [3.63, 3.8) is 0 Å². The van der Waals surface area contributed by atoms with Gasteiger partial charge in [0.2, 0.25) is 5.91 Å². The average Bonchev–Trinajstić information content (AvgIpc) is 2.90. The van der Waals surface area contributed by atoms with Crippen molar-refractivity contribution in [1.29, 1.82) is 0 Å². The number of carbonyl (C=O) groups is 1. The molecule has 1 saturated heterocycles. The SMILES string of the molecule is O=C(/C=C/c1cccnc1)NCCCCC1CCN(C(c2ccccc2)c2ccncc2)CC1. The number of carbonyl (C=O) groups excluding carboxylic acids is 1. The molecule has 4 rings (SSSR count). The van der Waals surface area contributed by atoms with E-state index in [9.17, 15) is 4.79 Å². The fourth-order valence-electron chi connectivity index (χ4n) is 4.77. The first-order chi connectivity index (χ1) is 16.8. The van der Waals surface area contributed by atoms with E-state index in [4.69, 9.17) is 0 Å². The van der Waals surface area contributed by atoms with Crippen LogP contribution in [0.25, 0.3) is 6.08 Å². The fourth-order valence-corrected chi connectivity index (χ4v) is 4.77. The van der Waals surface area contributed by atoms with E-state index in [0.29, 0.717) is 6.04 Å². The van der Waals surface area contributed by atoms with Gasteiger partial charge in [-0.1, -0.05) is 49.2 Å². The molecule has 1 aliphatic rings. The average molecular weight is 455 g/mol. The summed E-state index contributed by atoms with van der Waals surface area (Å²) in [6.45, 7) is 2.96. The maximum absolute atomic E-state index is 12.0. The van der Waals surface area contributed by atoms with E-state index in [-0.39, 0.29) is 5.91 Å². The minimum absolute atomic E-state index is 0.0415. The van der Waals surface area contributed by atoms with Crippen LogP contribution in [0.2, 0.25) is 0 Å². The van der Waals surface area contributed by atoms with Gasteiger partial charge in [-0.3, -0.25) is 19.7 Å². The maximum Gasteiger partial charge on any atom is 0.243 e. The summed E-state index contributed by atoms with van der Waals surface area (Å²) in [6, 6.07) is 19.2. The Morgan fingerprint density at radius 2 is 1.71 bits per heavy atom. The third kappa shape index (κ3) is 7.09. The van der Waals surface area contributed by atoms with Crippen LogP contribution in [0.15, 0.2) is 85.5 Å². The molecule has 34 heavy (non-hydrogen) atoms. The summed E-state index contributed by atoms with van der Waals surface area (Å²) in [7, 11) is 0. The number of nitrogens with one attached hydrogen (secondary N) is 1. The molecule has 5 nitrogen and oxygen atoms in total. The highest BCUT2D eigenvalue weighted by Gasteiger charge is 2.27. The Kier molecular flexibility index (Phi) is 8.98. The van der Waals surface area contributed by atoms with Crippen LogP contribution in [-0.4, -0.2) is 40.4 Å². The number of benzene rings is 1. The summed E-state index contributed by atoms with van der Waals surface area (Å²) in [5.41, 5.74) is 3.59. The summed E-state index contributed by atoms with van der Waals surface area (Å²) in [5, 5.41) is 2.99. The van der Waals surface area contributed by atoms with Crippen LogP contribution in [0, 0.1) is 5.92 Å². The number of hydrogen-bond acceptors (Lipinski definition) is 4. The van der Waals surface area contributed by atoms with Gasteiger partial charge in [0, 0.05) is 37.4 Å². The molecule has 0 saturated carbocycles. The number of amides is 1. The Bertz CT molecular complexity index is 976. The van der Waals surface area contributed by atoms with Crippen LogP contribution in [0.5, 0.6) is 0 Å². The van der Waals surface area contributed by atoms with Crippen LogP contribution < -0.4 is 5.32 Å². The zero-order valence-corrected chi connectivity index (χ0v) is 19.7. The van der Waals surface area contributed by atoms with E-state index in [1.54, 1.807) is 24.5 Å². The van der Waals surface area contributed by atoms with E-state index >= 15 is 0 Å². The Morgan fingerprint density at radius 3 is 2.44 bits per heavy atom. The number of piperidine rings is 1. The smallest absolute Gasteiger partial charge is 0.243 e. The number of rotatable bonds is 10. The normalized spacial score (nSPS) is 15.9. The fraction of sp³-hybridized carbons (Fsp3) is 0.345. The van der Waals surface area contributed by atoms with Gasteiger partial charge < -0.3 is 5.32 Å². The molecule has 1 aromatic carbocycles. The topological polar surface area (TPSA) is 58.1 Å². The van der Waals surface area contributed by atoms with E-state index in [0.717, 1.165) is 44.0 Å². The number of aromatic nitrogens is 2. The second-order valence-electron chi connectivity index (χ2n) is 8.98. The third-order valence-electron chi connectivity index (χ3n) is 6.60. The van der Waals surface area contributed by atoms with Gasteiger partial charge in [-0.15, -0.1) is 0 Å². The number of nitrogens with zero attached hydrogens (tertiary/aromatic N) is 3. The molecule has 3 heterocycles. The Balaban J connectivity index is 1.18. The first-order valence-corrected chi connectivity index (χ1v) is 12.3. The molecule has 0 bridgehead atoms. The van der Waals surface area contributed by atoms with Gasteiger partial charge in [0.15, 0.2) is 0 Å². The molecular weight excluding hydrogens is 420 g/mol. The summed E-state index contributed by atoms with van der Waals surface area (Å²) < 4.78 is 0. The molecule has 0 spiro atoms. The minimum Gasteiger partial charge on any atom is -0.353 e. The van der Waals surface area contributed by atoms with Crippen molar-refractivity contribution >= 4 is 12.0 Å². The molecule has 5 heteroatoms. The second-order valence-corrected chi connectivity index (χ2v) is 8.98. The maximum atomic E-state index is 12.0. The number of pyridine rings is 2. The van der Waals surface area contributed by atoms with Crippen LogP contribution in [0.3, 0.4) is 0 Å². The molecule has 1 aliphatic heterocycles. The lowest BCUT2D eigenvalue weighted by Crippen LogP contribution is -2.37. The van der Waals surface area contributed by atoms with Gasteiger partial charge in [0.25, 0.3) is 0 Å². The first kappa shape index (κ1) is 23.8. The number of unbranched alkanes of at least 4 members (excludes halogenated alkanes) is 1. The molecule has 2 aromatic heterocycles. The van der Waals surface area contributed by atoms with Crippen molar-refractivity contribution in [2.24, 2.45) is 5.92 Å². The van der Waals surface area contributed by atoms with Crippen LogP contribution in [0.4, 0.5) is 0 Å². The Morgan fingerprint density at radius 1 is 0.941 bits per heavy atom. The van der Waals surface area contributed by atoms with Crippen LogP contribution in [-0.2, 0) is 4.79 Å². The third-order valence-corrected chi connectivity index (χ3v) is 6.60. The summed E-state index contributed by atoms with van der Waals surface area (Å²) in [4.78, 5) is 22.9. The second kappa shape index (κ2) is 12.8.